The van der Waals surface area contributed by atoms with E-state index in [9.17, 15) is 9.59 Å². The van der Waals surface area contributed by atoms with Crippen LogP contribution in [0.3, 0.4) is 0 Å². The molecule has 3 aromatic rings. The maximum absolute atomic E-state index is 13.1. The van der Waals surface area contributed by atoms with Crippen molar-refractivity contribution in [3.8, 4) is 11.4 Å². The van der Waals surface area contributed by atoms with Gasteiger partial charge in [-0.1, -0.05) is 24.3 Å². The van der Waals surface area contributed by atoms with Gasteiger partial charge in [-0.05, 0) is 31.0 Å². The first-order valence-corrected chi connectivity index (χ1v) is 8.77. The summed E-state index contributed by atoms with van der Waals surface area (Å²) < 4.78 is 6.81. The van der Waals surface area contributed by atoms with E-state index in [4.69, 9.17) is 4.74 Å². The van der Waals surface area contributed by atoms with Gasteiger partial charge in [0.15, 0.2) is 0 Å². The van der Waals surface area contributed by atoms with E-state index in [1.807, 2.05) is 41.3 Å². The first kappa shape index (κ1) is 16.4. The number of carbonyl (C=O) groups excluding carboxylic acids is 1. The van der Waals surface area contributed by atoms with Crippen LogP contribution in [-0.2, 0) is 0 Å². The molecule has 0 aliphatic carbocycles. The molecule has 2 heterocycles. The molecule has 0 N–H and O–H groups in total. The van der Waals surface area contributed by atoms with Crippen molar-refractivity contribution in [2.75, 3.05) is 20.2 Å². The lowest BCUT2D eigenvalue weighted by molar-refractivity contribution is 0.0794. The molecule has 4 rings (SSSR count). The molecule has 2 aromatic carbocycles. The van der Waals surface area contributed by atoms with Crippen molar-refractivity contribution < 1.29 is 9.53 Å². The molecule has 0 radical (unpaired) electrons. The molecule has 0 unspecified atom stereocenters. The fourth-order valence-electron chi connectivity index (χ4n) is 3.50. The maximum atomic E-state index is 13.1. The van der Waals surface area contributed by atoms with Gasteiger partial charge in [0, 0.05) is 36.1 Å². The van der Waals surface area contributed by atoms with E-state index in [1.165, 1.54) is 4.57 Å². The molecule has 5 nitrogen and oxygen atoms in total. The summed E-state index contributed by atoms with van der Waals surface area (Å²) in [6.45, 7) is 1.54. The van der Waals surface area contributed by atoms with Gasteiger partial charge < -0.3 is 9.64 Å². The van der Waals surface area contributed by atoms with Crippen LogP contribution in [-0.4, -0.2) is 35.6 Å². The highest BCUT2D eigenvalue weighted by Gasteiger charge is 2.23. The highest BCUT2D eigenvalue weighted by molar-refractivity contribution is 6.06. The monoisotopic (exact) mass is 348 g/mol. The molecule has 1 saturated heterocycles. The van der Waals surface area contributed by atoms with E-state index < -0.39 is 0 Å². The molecule has 1 aliphatic rings. The molecule has 5 heteroatoms. The molecule has 132 valence electrons. The van der Waals surface area contributed by atoms with Gasteiger partial charge in [-0.3, -0.25) is 14.2 Å². The number of rotatable bonds is 3. The molecular formula is C21H20N2O3. The number of likely N-dealkylation sites (tertiary alicyclic amines) is 1. The van der Waals surface area contributed by atoms with Crippen LogP contribution in [0.15, 0.2) is 59.5 Å². The quantitative estimate of drug-likeness (QED) is 0.730. The number of hydrogen-bond acceptors (Lipinski definition) is 3. The Labute approximate surface area is 151 Å². The Bertz CT molecular complexity index is 1030. The fraction of sp³-hybridized carbons (Fsp3) is 0.238. The molecule has 0 spiro atoms. The van der Waals surface area contributed by atoms with E-state index in [2.05, 4.69) is 0 Å². The van der Waals surface area contributed by atoms with Gasteiger partial charge in [-0.25, -0.2) is 0 Å². The summed E-state index contributed by atoms with van der Waals surface area (Å²) in [5, 5.41) is 1.24. The minimum atomic E-state index is -0.146. The van der Waals surface area contributed by atoms with E-state index in [0.29, 0.717) is 27.8 Å². The third-order valence-corrected chi connectivity index (χ3v) is 4.88. The Hall–Kier alpha value is -3.08. The van der Waals surface area contributed by atoms with Crippen LogP contribution in [0.5, 0.6) is 5.75 Å². The number of nitrogens with zero attached hydrogens (tertiary/aromatic N) is 2. The number of amides is 1. The van der Waals surface area contributed by atoms with Crippen LogP contribution in [0.25, 0.3) is 16.5 Å². The average Bonchev–Trinajstić information content (AvgIpc) is 3.23. The molecule has 1 aromatic heterocycles. The highest BCUT2D eigenvalue weighted by Crippen LogP contribution is 2.22. The van der Waals surface area contributed by atoms with Crippen LogP contribution in [0, 0.1) is 0 Å². The van der Waals surface area contributed by atoms with Crippen LogP contribution in [0.1, 0.15) is 23.2 Å². The molecular weight excluding hydrogens is 328 g/mol. The number of fused-ring (bicyclic) bond motifs is 1. The zero-order valence-corrected chi connectivity index (χ0v) is 14.6. The van der Waals surface area contributed by atoms with E-state index in [1.54, 1.807) is 25.4 Å². The summed E-state index contributed by atoms with van der Waals surface area (Å²) in [5.74, 6) is 0.644. The third kappa shape index (κ3) is 2.75. The topological polar surface area (TPSA) is 51.5 Å². The lowest BCUT2D eigenvalue weighted by atomic mass is 10.1. The molecule has 26 heavy (non-hydrogen) atoms. The number of hydrogen-bond donors (Lipinski definition) is 0. The minimum absolute atomic E-state index is 0.0182. The molecule has 1 fully saturated rings. The van der Waals surface area contributed by atoms with Gasteiger partial charge >= 0.3 is 0 Å². The Kier molecular flexibility index (Phi) is 4.21. The third-order valence-electron chi connectivity index (χ3n) is 4.88. The molecule has 0 atom stereocenters. The predicted molar refractivity (Wildman–Crippen MR) is 101 cm³/mol. The van der Waals surface area contributed by atoms with Gasteiger partial charge in [-0.2, -0.15) is 0 Å². The number of aromatic nitrogens is 1. The fourth-order valence-corrected chi connectivity index (χ4v) is 3.50. The number of carbonyl (C=O) groups is 1. The van der Waals surface area contributed by atoms with Crippen LogP contribution in [0.2, 0.25) is 0 Å². The average molecular weight is 348 g/mol. The van der Waals surface area contributed by atoms with E-state index in [-0.39, 0.29) is 11.5 Å². The summed E-state index contributed by atoms with van der Waals surface area (Å²) in [4.78, 5) is 27.9. The summed E-state index contributed by atoms with van der Waals surface area (Å²) in [6, 6.07) is 14.6. The first-order valence-electron chi connectivity index (χ1n) is 8.77. The standard InChI is InChI=1S/C21H20N2O3/c1-26-16-8-6-7-15(13-16)23-14-19(20(24)22-11-4-5-12-22)17-9-2-3-10-18(17)21(23)25/h2-3,6-10,13-14H,4-5,11-12H2,1H3. The second-order valence-corrected chi connectivity index (χ2v) is 6.46. The lowest BCUT2D eigenvalue weighted by Crippen LogP contribution is -2.30. The molecule has 1 amide bonds. The second-order valence-electron chi connectivity index (χ2n) is 6.46. The normalized spacial score (nSPS) is 14.0. The molecule has 1 aliphatic heterocycles. The van der Waals surface area contributed by atoms with Crippen LogP contribution >= 0.6 is 0 Å². The predicted octanol–water partition coefficient (Wildman–Crippen LogP) is 3.24. The maximum Gasteiger partial charge on any atom is 0.262 e. The molecule has 0 saturated carbocycles. The Morgan fingerprint density at radius 2 is 1.73 bits per heavy atom. The van der Waals surface area contributed by atoms with Crippen LogP contribution < -0.4 is 10.3 Å². The van der Waals surface area contributed by atoms with Crippen molar-refractivity contribution >= 4 is 16.7 Å². The van der Waals surface area contributed by atoms with Crippen molar-refractivity contribution in [1.29, 1.82) is 0 Å². The van der Waals surface area contributed by atoms with E-state index in [0.717, 1.165) is 25.9 Å². The second kappa shape index (κ2) is 6.67. The molecule has 0 bridgehead atoms. The number of ether oxygens (including phenoxy) is 1. The van der Waals surface area contributed by atoms with Crippen molar-refractivity contribution in [2.45, 2.75) is 12.8 Å². The Morgan fingerprint density at radius 3 is 2.46 bits per heavy atom. The number of benzene rings is 2. The van der Waals surface area contributed by atoms with E-state index >= 15 is 0 Å². The van der Waals surface area contributed by atoms with Gasteiger partial charge in [0.05, 0.1) is 18.4 Å². The highest BCUT2D eigenvalue weighted by atomic mass is 16.5. The van der Waals surface area contributed by atoms with Crippen molar-refractivity contribution in [2.24, 2.45) is 0 Å². The number of methoxy groups -OCH3 is 1. The zero-order valence-electron chi connectivity index (χ0n) is 14.6. The van der Waals surface area contributed by atoms with Gasteiger partial charge in [-0.15, -0.1) is 0 Å². The largest absolute Gasteiger partial charge is 0.497 e. The van der Waals surface area contributed by atoms with Gasteiger partial charge in [0.25, 0.3) is 11.5 Å². The van der Waals surface area contributed by atoms with Crippen molar-refractivity contribution in [3.63, 3.8) is 0 Å². The van der Waals surface area contributed by atoms with Crippen molar-refractivity contribution in [3.05, 3.63) is 70.6 Å². The SMILES string of the molecule is COc1cccc(-n2cc(C(=O)N3CCCC3)c3ccccc3c2=O)c1. The van der Waals surface area contributed by atoms with Gasteiger partial charge in [0.1, 0.15) is 5.75 Å². The first-order chi connectivity index (χ1) is 12.7. The summed E-state index contributed by atoms with van der Waals surface area (Å²) in [5.41, 5.74) is 1.09. The number of pyridine rings is 1. The summed E-state index contributed by atoms with van der Waals surface area (Å²) in [6.07, 6.45) is 3.72. The minimum Gasteiger partial charge on any atom is -0.497 e. The Balaban J connectivity index is 1.95. The summed E-state index contributed by atoms with van der Waals surface area (Å²) >= 11 is 0. The zero-order chi connectivity index (χ0) is 18.1. The summed E-state index contributed by atoms with van der Waals surface area (Å²) in [7, 11) is 1.59. The lowest BCUT2D eigenvalue weighted by Gasteiger charge is -2.18. The smallest absolute Gasteiger partial charge is 0.262 e. The van der Waals surface area contributed by atoms with Crippen molar-refractivity contribution in [1.82, 2.24) is 9.47 Å². The van der Waals surface area contributed by atoms with Gasteiger partial charge in [0.2, 0.25) is 0 Å². The van der Waals surface area contributed by atoms with Crippen LogP contribution in [0.4, 0.5) is 0 Å². The Morgan fingerprint density at radius 1 is 1.00 bits per heavy atom.